The number of pyridine rings is 1. The summed E-state index contributed by atoms with van der Waals surface area (Å²) in [5.41, 5.74) is 1.48. The predicted molar refractivity (Wildman–Crippen MR) is 96.4 cm³/mol. The smallest absolute Gasteiger partial charge is 0.322 e. The molecule has 1 aromatic carbocycles. The quantitative estimate of drug-likeness (QED) is 0.731. The molecule has 140 valence electrons. The Balaban J connectivity index is 1.80. The molecule has 0 aliphatic carbocycles. The second kappa shape index (κ2) is 6.75. The monoisotopic (exact) mass is 387 g/mol. The predicted octanol–water partition coefficient (Wildman–Crippen LogP) is 2.52. The lowest BCUT2D eigenvalue weighted by atomic mass is 10.1. The molecule has 3 aromatic rings. The molecule has 0 radical (unpaired) electrons. The van der Waals surface area contributed by atoms with Gasteiger partial charge in [-0.1, -0.05) is 35.5 Å². The Bertz CT molecular complexity index is 1090. The van der Waals surface area contributed by atoms with Crippen LogP contribution >= 0.6 is 0 Å². The summed E-state index contributed by atoms with van der Waals surface area (Å²) in [5, 5.41) is 13.9. The van der Waals surface area contributed by atoms with Crippen LogP contribution in [0, 0.1) is 0 Å². The number of aromatic nitrogens is 2. The molecule has 27 heavy (non-hydrogen) atoms. The van der Waals surface area contributed by atoms with Crippen molar-refractivity contribution in [2.75, 3.05) is 6.54 Å². The van der Waals surface area contributed by atoms with Gasteiger partial charge in [-0.3, -0.25) is 4.79 Å². The van der Waals surface area contributed by atoms with Crippen molar-refractivity contribution in [1.29, 1.82) is 0 Å². The summed E-state index contributed by atoms with van der Waals surface area (Å²) in [5.74, 6) is -1.14. The number of aliphatic carboxylic acids is 1. The first-order valence-electron chi connectivity index (χ1n) is 8.54. The SMILES string of the molecule is O=C(O)[C@@H]1CCCCN1S(=O)(=O)c1cnc2onc(-c3ccccc3)c2c1. The first kappa shape index (κ1) is 17.6. The summed E-state index contributed by atoms with van der Waals surface area (Å²) >= 11 is 0. The Morgan fingerprint density at radius 3 is 2.74 bits per heavy atom. The number of benzene rings is 1. The van der Waals surface area contributed by atoms with Crippen LogP contribution in [0.1, 0.15) is 19.3 Å². The summed E-state index contributed by atoms with van der Waals surface area (Å²) in [7, 11) is -4.00. The van der Waals surface area contributed by atoms with E-state index in [-0.39, 0.29) is 17.2 Å². The summed E-state index contributed by atoms with van der Waals surface area (Å²) in [6.45, 7) is 0.173. The van der Waals surface area contributed by atoms with Crippen LogP contribution in [0.3, 0.4) is 0 Å². The molecule has 2 aromatic heterocycles. The van der Waals surface area contributed by atoms with Crippen LogP contribution in [0.2, 0.25) is 0 Å². The van der Waals surface area contributed by atoms with E-state index in [2.05, 4.69) is 10.1 Å². The number of carboxylic acid groups (broad SMARTS) is 1. The molecular formula is C18H17N3O5S. The normalized spacial score (nSPS) is 18.6. The minimum Gasteiger partial charge on any atom is -0.480 e. The summed E-state index contributed by atoms with van der Waals surface area (Å²) < 4.78 is 32.4. The molecule has 0 saturated carbocycles. The standard InChI is InChI=1S/C18H17N3O5S/c22-18(23)15-8-4-5-9-21(15)27(24,25)13-10-14-16(12-6-2-1-3-7-12)20-26-17(14)19-11-13/h1-3,6-7,10-11,15H,4-5,8-9H2,(H,22,23)/t15-/m0/s1. The maximum absolute atomic E-state index is 13.1. The van der Waals surface area contributed by atoms with Gasteiger partial charge in [0.25, 0.3) is 5.71 Å². The molecule has 0 unspecified atom stereocenters. The molecule has 4 rings (SSSR count). The second-order valence-corrected chi connectivity index (χ2v) is 8.28. The number of sulfonamides is 1. The van der Waals surface area contributed by atoms with Gasteiger partial charge in [0.2, 0.25) is 10.0 Å². The molecule has 1 aliphatic heterocycles. The molecule has 0 bridgehead atoms. The minimum absolute atomic E-state index is 0.0662. The number of carboxylic acids is 1. The third-order valence-corrected chi connectivity index (χ3v) is 6.57. The van der Waals surface area contributed by atoms with Gasteiger partial charge in [-0.05, 0) is 25.3 Å². The lowest BCUT2D eigenvalue weighted by Gasteiger charge is -2.31. The van der Waals surface area contributed by atoms with Crippen molar-refractivity contribution in [2.45, 2.75) is 30.2 Å². The summed E-state index contributed by atoms with van der Waals surface area (Å²) in [4.78, 5) is 15.5. The number of hydrogen-bond acceptors (Lipinski definition) is 6. The lowest BCUT2D eigenvalue weighted by Crippen LogP contribution is -2.47. The van der Waals surface area contributed by atoms with Gasteiger partial charge < -0.3 is 9.63 Å². The van der Waals surface area contributed by atoms with Crippen molar-refractivity contribution in [3.05, 3.63) is 42.6 Å². The fraction of sp³-hybridized carbons (Fsp3) is 0.278. The first-order valence-corrected chi connectivity index (χ1v) is 9.98. The molecule has 8 nitrogen and oxygen atoms in total. The Morgan fingerprint density at radius 2 is 2.00 bits per heavy atom. The highest BCUT2D eigenvalue weighted by molar-refractivity contribution is 7.89. The number of hydrogen-bond donors (Lipinski definition) is 1. The van der Waals surface area contributed by atoms with E-state index in [1.165, 1.54) is 12.3 Å². The molecule has 0 amide bonds. The zero-order valence-corrected chi connectivity index (χ0v) is 15.1. The van der Waals surface area contributed by atoms with E-state index >= 15 is 0 Å². The molecule has 9 heteroatoms. The molecule has 3 heterocycles. The Kier molecular flexibility index (Phi) is 4.40. The largest absolute Gasteiger partial charge is 0.480 e. The van der Waals surface area contributed by atoms with Crippen molar-refractivity contribution in [3.8, 4) is 11.3 Å². The number of carbonyl (C=O) groups is 1. The van der Waals surface area contributed by atoms with Crippen LogP contribution in [0.5, 0.6) is 0 Å². The number of nitrogens with zero attached hydrogens (tertiary/aromatic N) is 3. The number of fused-ring (bicyclic) bond motifs is 1. The second-order valence-electron chi connectivity index (χ2n) is 6.39. The van der Waals surface area contributed by atoms with E-state index < -0.39 is 22.0 Å². The Morgan fingerprint density at radius 1 is 1.22 bits per heavy atom. The van der Waals surface area contributed by atoms with Crippen molar-refractivity contribution < 1.29 is 22.8 Å². The topological polar surface area (TPSA) is 114 Å². The van der Waals surface area contributed by atoms with E-state index in [4.69, 9.17) is 4.52 Å². The zero-order valence-electron chi connectivity index (χ0n) is 14.3. The van der Waals surface area contributed by atoms with Gasteiger partial charge in [0.1, 0.15) is 16.6 Å². The van der Waals surface area contributed by atoms with Gasteiger partial charge in [-0.25, -0.2) is 13.4 Å². The van der Waals surface area contributed by atoms with E-state index in [1.807, 2.05) is 30.3 Å². The van der Waals surface area contributed by atoms with E-state index in [0.29, 0.717) is 30.3 Å². The van der Waals surface area contributed by atoms with Crippen LogP contribution in [0.4, 0.5) is 0 Å². The van der Waals surface area contributed by atoms with Gasteiger partial charge >= 0.3 is 5.97 Å². The summed E-state index contributed by atoms with van der Waals surface area (Å²) in [6, 6.07) is 9.61. The third kappa shape index (κ3) is 3.08. The van der Waals surface area contributed by atoms with Crippen molar-refractivity contribution >= 4 is 27.1 Å². The maximum Gasteiger partial charge on any atom is 0.322 e. The molecule has 0 spiro atoms. The molecule has 1 fully saturated rings. The highest BCUT2D eigenvalue weighted by Gasteiger charge is 2.38. The fourth-order valence-corrected chi connectivity index (χ4v) is 4.96. The van der Waals surface area contributed by atoms with Gasteiger partial charge in [0.05, 0.1) is 11.6 Å². The summed E-state index contributed by atoms with van der Waals surface area (Å²) in [6.07, 6.45) is 2.79. The van der Waals surface area contributed by atoms with Crippen molar-refractivity contribution in [1.82, 2.24) is 14.4 Å². The molecular weight excluding hydrogens is 370 g/mol. The Hall–Kier alpha value is -2.78. The average molecular weight is 387 g/mol. The first-order chi connectivity index (χ1) is 13.0. The van der Waals surface area contributed by atoms with Crippen LogP contribution in [-0.4, -0.2) is 46.5 Å². The number of rotatable bonds is 4. The molecule has 1 atom stereocenters. The van der Waals surface area contributed by atoms with Gasteiger partial charge in [0, 0.05) is 12.1 Å². The lowest BCUT2D eigenvalue weighted by molar-refractivity contribution is -0.142. The average Bonchev–Trinajstić information content (AvgIpc) is 3.12. The highest BCUT2D eigenvalue weighted by atomic mass is 32.2. The van der Waals surface area contributed by atoms with Gasteiger partial charge in [0.15, 0.2) is 0 Å². The van der Waals surface area contributed by atoms with Crippen LogP contribution in [0.25, 0.3) is 22.4 Å². The molecule has 1 N–H and O–H groups in total. The molecule has 1 saturated heterocycles. The van der Waals surface area contributed by atoms with E-state index in [0.717, 1.165) is 9.87 Å². The highest BCUT2D eigenvalue weighted by Crippen LogP contribution is 2.31. The Labute approximate surface area is 155 Å². The maximum atomic E-state index is 13.1. The van der Waals surface area contributed by atoms with Crippen molar-refractivity contribution in [3.63, 3.8) is 0 Å². The minimum atomic E-state index is -4.00. The third-order valence-electron chi connectivity index (χ3n) is 4.70. The van der Waals surface area contributed by atoms with Gasteiger partial charge in [-0.15, -0.1) is 0 Å². The number of piperidine rings is 1. The fourth-order valence-electron chi connectivity index (χ4n) is 3.33. The van der Waals surface area contributed by atoms with Crippen LogP contribution in [-0.2, 0) is 14.8 Å². The van der Waals surface area contributed by atoms with E-state index in [1.54, 1.807) is 0 Å². The van der Waals surface area contributed by atoms with Crippen molar-refractivity contribution in [2.24, 2.45) is 0 Å². The zero-order chi connectivity index (χ0) is 19.0. The van der Waals surface area contributed by atoms with Crippen LogP contribution in [0.15, 0.2) is 52.0 Å². The molecule has 1 aliphatic rings. The van der Waals surface area contributed by atoms with Crippen LogP contribution < -0.4 is 0 Å². The van der Waals surface area contributed by atoms with Gasteiger partial charge in [-0.2, -0.15) is 4.31 Å². The van der Waals surface area contributed by atoms with E-state index in [9.17, 15) is 18.3 Å².